The Balaban J connectivity index is 2.00. The highest BCUT2D eigenvalue weighted by Gasteiger charge is 2.25. The first-order valence-corrected chi connectivity index (χ1v) is 7.25. The summed E-state index contributed by atoms with van der Waals surface area (Å²) in [5, 5.41) is 0.454. The van der Waals surface area contributed by atoms with Crippen molar-refractivity contribution in [2.75, 3.05) is 6.61 Å². The molecule has 1 aliphatic rings. The van der Waals surface area contributed by atoms with Gasteiger partial charge in [0.2, 0.25) is 5.01 Å². The van der Waals surface area contributed by atoms with Crippen LogP contribution in [0.3, 0.4) is 0 Å². The molecule has 0 bridgehead atoms. The molecule has 0 saturated heterocycles. The van der Waals surface area contributed by atoms with Crippen molar-refractivity contribution in [2.24, 2.45) is 0 Å². The molecule has 0 aliphatic heterocycles. The van der Waals surface area contributed by atoms with E-state index < -0.39 is 0 Å². The van der Waals surface area contributed by atoms with Crippen LogP contribution in [-0.4, -0.2) is 17.6 Å². The van der Waals surface area contributed by atoms with Crippen molar-refractivity contribution in [2.45, 2.75) is 13.3 Å². The average molecular weight is 324 g/mol. The average Bonchev–Trinajstić information content (AvgIpc) is 2.85. The van der Waals surface area contributed by atoms with Crippen molar-refractivity contribution in [1.29, 1.82) is 0 Å². The minimum absolute atomic E-state index is 0.324. The van der Waals surface area contributed by atoms with Gasteiger partial charge in [-0.15, -0.1) is 11.3 Å². The Bertz CT molecular complexity index is 636. The molecule has 3 rings (SSSR count). The van der Waals surface area contributed by atoms with Gasteiger partial charge in [-0.05, 0) is 24.6 Å². The quantitative estimate of drug-likeness (QED) is 0.676. The second kappa shape index (κ2) is 4.48. The molecule has 0 N–H and O–H groups in total. The number of ether oxygens (including phenoxy) is 1. The van der Waals surface area contributed by atoms with E-state index in [1.807, 2.05) is 12.1 Å². The third-order valence-electron chi connectivity index (χ3n) is 2.82. The summed E-state index contributed by atoms with van der Waals surface area (Å²) in [6.45, 7) is 2.18. The van der Waals surface area contributed by atoms with Gasteiger partial charge in [0, 0.05) is 21.3 Å². The number of benzene rings is 1. The van der Waals surface area contributed by atoms with E-state index in [0.29, 0.717) is 11.6 Å². The maximum atomic E-state index is 11.6. The first-order valence-electron chi connectivity index (χ1n) is 5.64. The highest BCUT2D eigenvalue weighted by Crippen LogP contribution is 2.40. The molecule has 1 heterocycles. The van der Waals surface area contributed by atoms with Gasteiger partial charge in [0.15, 0.2) is 0 Å². The molecule has 92 valence electrons. The molecule has 0 amide bonds. The molecule has 0 radical (unpaired) electrons. The highest BCUT2D eigenvalue weighted by atomic mass is 79.9. The van der Waals surface area contributed by atoms with Crippen LogP contribution in [0.15, 0.2) is 22.7 Å². The van der Waals surface area contributed by atoms with E-state index in [9.17, 15) is 4.79 Å². The Hall–Kier alpha value is -1.20. The molecule has 2 aromatic rings. The fourth-order valence-electron chi connectivity index (χ4n) is 2.07. The molecule has 1 aliphatic carbocycles. The Kier molecular flexibility index (Phi) is 2.95. The lowest BCUT2D eigenvalue weighted by molar-refractivity contribution is 0.0526. The van der Waals surface area contributed by atoms with Crippen LogP contribution in [0.25, 0.3) is 11.3 Å². The summed E-state index contributed by atoms with van der Waals surface area (Å²) in [5.41, 5.74) is 3.32. The summed E-state index contributed by atoms with van der Waals surface area (Å²) in [6, 6.07) is 6.14. The predicted octanol–water partition coefficient (Wildman–Crippen LogP) is 3.65. The van der Waals surface area contributed by atoms with Crippen LogP contribution in [-0.2, 0) is 11.2 Å². The van der Waals surface area contributed by atoms with E-state index in [0.717, 1.165) is 27.0 Å². The summed E-state index contributed by atoms with van der Waals surface area (Å²) in [5.74, 6) is -0.324. The number of aromatic nitrogens is 1. The minimum Gasteiger partial charge on any atom is -0.461 e. The van der Waals surface area contributed by atoms with E-state index in [1.54, 1.807) is 6.92 Å². The van der Waals surface area contributed by atoms with Crippen LogP contribution < -0.4 is 0 Å². The number of esters is 1. The normalized spacial score (nSPS) is 12.1. The van der Waals surface area contributed by atoms with E-state index in [1.165, 1.54) is 16.9 Å². The molecule has 0 atom stereocenters. The molecule has 0 unspecified atom stereocenters. The SMILES string of the molecule is CCOC(=O)c1nc2c(s1)Cc1cc(Br)ccc1-2. The maximum absolute atomic E-state index is 11.6. The van der Waals surface area contributed by atoms with Gasteiger partial charge < -0.3 is 4.74 Å². The van der Waals surface area contributed by atoms with Gasteiger partial charge in [-0.2, -0.15) is 0 Å². The van der Waals surface area contributed by atoms with Crippen LogP contribution in [0, 0.1) is 0 Å². The predicted molar refractivity (Wildman–Crippen MR) is 74.0 cm³/mol. The topological polar surface area (TPSA) is 39.2 Å². The van der Waals surface area contributed by atoms with Gasteiger partial charge >= 0.3 is 5.97 Å². The van der Waals surface area contributed by atoms with E-state index >= 15 is 0 Å². The van der Waals surface area contributed by atoms with E-state index in [2.05, 4.69) is 27.0 Å². The largest absolute Gasteiger partial charge is 0.461 e. The summed E-state index contributed by atoms with van der Waals surface area (Å²) in [4.78, 5) is 17.2. The Morgan fingerprint density at radius 1 is 1.56 bits per heavy atom. The third-order valence-corrected chi connectivity index (χ3v) is 4.35. The number of fused-ring (bicyclic) bond motifs is 3. The molecule has 18 heavy (non-hydrogen) atoms. The Morgan fingerprint density at radius 3 is 3.17 bits per heavy atom. The van der Waals surface area contributed by atoms with Crippen molar-refractivity contribution in [1.82, 2.24) is 4.98 Å². The van der Waals surface area contributed by atoms with Crippen molar-refractivity contribution in [3.05, 3.63) is 38.1 Å². The van der Waals surface area contributed by atoms with Gasteiger partial charge in [-0.1, -0.05) is 22.0 Å². The number of thiazole rings is 1. The standard InChI is InChI=1S/C13H10BrNO2S/c1-2-17-13(16)12-15-11-9-4-3-8(14)5-7(9)6-10(11)18-12/h3-5H,2,6H2,1H3. The highest BCUT2D eigenvalue weighted by molar-refractivity contribution is 9.10. The number of carbonyl (C=O) groups excluding carboxylic acids is 1. The lowest BCUT2D eigenvalue weighted by Crippen LogP contribution is -2.03. The van der Waals surface area contributed by atoms with Crippen LogP contribution in [0.1, 0.15) is 27.2 Å². The zero-order valence-electron chi connectivity index (χ0n) is 9.70. The van der Waals surface area contributed by atoms with Crippen LogP contribution in [0.2, 0.25) is 0 Å². The number of nitrogens with zero attached hydrogens (tertiary/aromatic N) is 1. The summed E-state index contributed by atoms with van der Waals surface area (Å²) < 4.78 is 6.04. The van der Waals surface area contributed by atoms with Crippen molar-refractivity contribution in [3.8, 4) is 11.3 Å². The smallest absolute Gasteiger partial charge is 0.367 e. The van der Waals surface area contributed by atoms with Gasteiger partial charge in [0.1, 0.15) is 0 Å². The van der Waals surface area contributed by atoms with Gasteiger partial charge in [0.05, 0.1) is 12.3 Å². The lowest BCUT2D eigenvalue weighted by Gasteiger charge is -2.00. The van der Waals surface area contributed by atoms with Crippen LogP contribution in [0.4, 0.5) is 0 Å². The summed E-state index contributed by atoms with van der Waals surface area (Å²) in [6.07, 6.45) is 0.848. The first-order chi connectivity index (χ1) is 8.69. The van der Waals surface area contributed by atoms with Gasteiger partial charge in [-0.25, -0.2) is 9.78 Å². The molecular formula is C13H10BrNO2S. The molecule has 0 saturated carbocycles. The zero-order valence-corrected chi connectivity index (χ0v) is 12.1. The van der Waals surface area contributed by atoms with E-state index in [4.69, 9.17) is 4.74 Å². The minimum atomic E-state index is -0.324. The maximum Gasteiger partial charge on any atom is 0.367 e. The number of hydrogen-bond acceptors (Lipinski definition) is 4. The number of carbonyl (C=O) groups is 1. The Labute approximate surface area is 117 Å². The number of rotatable bonds is 2. The lowest BCUT2D eigenvalue weighted by atomic mass is 10.1. The molecule has 1 aromatic heterocycles. The van der Waals surface area contributed by atoms with E-state index in [-0.39, 0.29) is 5.97 Å². The zero-order chi connectivity index (χ0) is 12.7. The molecule has 5 heteroatoms. The monoisotopic (exact) mass is 323 g/mol. The Morgan fingerprint density at radius 2 is 2.39 bits per heavy atom. The fourth-order valence-corrected chi connectivity index (χ4v) is 3.48. The number of halogens is 1. The van der Waals surface area contributed by atoms with Crippen LogP contribution >= 0.6 is 27.3 Å². The summed E-state index contributed by atoms with van der Waals surface area (Å²) in [7, 11) is 0. The molecule has 3 nitrogen and oxygen atoms in total. The second-order valence-corrected chi connectivity index (χ2v) is 5.99. The second-order valence-electron chi connectivity index (χ2n) is 3.99. The van der Waals surface area contributed by atoms with Gasteiger partial charge in [-0.3, -0.25) is 0 Å². The number of hydrogen-bond donors (Lipinski definition) is 0. The molecular weight excluding hydrogens is 314 g/mol. The molecule has 0 fully saturated rings. The first kappa shape index (κ1) is 11.9. The fraction of sp³-hybridized carbons (Fsp3) is 0.231. The van der Waals surface area contributed by atoms with Crippen molar-refractivity contribution >= 4 is 33.2 Å². The van der Waals surface area contributed by atoms with Crippen molar-refractivity contribution < 1.29 is 9.53 Å². The van der Waals surface area contributed by atoms with Crippen molar-refractivity contribution in [3.63, 3.8) is 0 Å². The van der Waals surface area contributed by atoms with Gasteiger partial charge in [0.25, 0.3) is 0 Å². The molecule has 1 aromatic carbocycles. The third kappa shape index (κ3) is 1.87. The van der Waals surface area contributed by atoms with Crippen LogP contribution in [0.5, 0.6) is 0 Å². The molecule has 0 spiro atoms. The summed E-state index contributed by atoms with van der Waals surface area (Å²) >= 11 is 4.90.